The van der Waals surface area contributed by atoms with Gasteiger partial charge in [-0.2, -0.15) is 0 Å². The number of benzene rings is 1. The summed E-state index contributed by atoms with van der Waals surface area (Å²) < 4.78 is 5.72. The van der Waals surface area contributed by atoms with Gasteiger partial charge >= 0.3 is 0 Å². The maximum absolute atomic E-state index is 12.0. The van der Waals surface area contributed by atoms with Crippen LogP contribution < -0.4 is 15.8 Å². The van der Waals surface area contributed by atoms with Crippen LogP contribution >= 0.6 is 0 Å². The molecule has 21 heavy (non-hydrogen) atoms. The van der Waals surface area contributed by atoms with Crippen LogP contribution in [0.1, 0.15) is 37.3 Å². The largest absolute Gasteiger partial charge is 0.493 e. The van der Waals surface area contributed by atoms with E-state index < -0.39 is 0 Å². The van der Waals surface area contributed by atoms with Crippen LogP contribution in [0.25, 0.3) is 0 Å². The normalized spacial score (nSPS) is 17.1. The summed E-state index contributed by atoms with van der Waals surface area (Å²) in [5, 5.41) is 3.07. The first-order valence-electron chi connectivity index (χ1n) is 7.66. The second kappa shape index (κ2) is 6.48. The van der Waals surface area contributed by atoms with Crippen LogP contribution in [0.3, 0.4) is 0 Å². The van der Waals surface area contributed by atoms with Gasteiger partial charge in [0.05, 0.1) is 18.6 Å². The van der Waals surface area contributed by atoms with E-state index in [9.17, 15) is 4.79 Å². The number of nitrogens with one attached hydrogen (secondary N) is 1. The second-order valence-corrected chi connectivity index (χ2v) is 6.24. The Morgan fingerprint density at radius 1 is 1.43 bits per heavy atom. The Morgan fingerprint density at radius 2 is 2.14 bits per heavy atom. The molecule has 0 radical (unpaired) electrons. The van der Waals surface area contributed by atoms with E-state index in [4.69, 9.17) is 10.5 Å². The number of amides is 1. The zero-order valence-corrected chi connectivity index (χ0v) is 13.2. The van der Waals surface area contributed by atoms with E-state index >= 15 is 0 Å². The predicted molar refractivity (Wildman–Crippen MR) is 84.4 cm³/mol. The minimum absolute atomic E-state index is 0.0140. The Kier molecular flexibility index (Phi) is 4.88. The third-order valence-electron chi connectivity index (χ3n) is 4.47. The van der Waals surface area contributed by atoms with E-state index in [1.807, 2.05) is 26.0 Å². The average molecular weight is 290 g/mol. The van der Waals surface area contributed by atoms with Crippen LogP contribution in [0.5, 0.6) is 5.75 Å². The van der Waals surface area contributed by atoms with Gasteiger partial charge in [-0.3, -0.25) is 4.79 Å². The van der Waals surface area contributed by atoms with Crippen molar-refractivity contribution in [3.63, 3.8) is 0 Å². The molecule has 1 aromatic carbocycles. The lowest BCUT2D eigenvalue weighted by Gasteiger charge is -2.29. The van der Waals surface area contributed by atoms with E-state index in [1.165, 1.54) is 5.56 Å². The number of nitrogens with two attached hydrogens (primary N) is 1. The lowest BCUT2D eigenvalue weighted by molar-refractivity contribution is -0.123. The number of hydrogen-bond donors (Lipinski definition) is 2. The van der Waals surface area contributed by atoms with Gasteiger partial charge in [0, 0.05) is 6.54 Å². The van der Waals surface area contributed by atoms with Gasteiger partial charge in [-0.25, -0.2) is 0 Å². The molecule has 1 aromatic rings. The number of carbonyl (C=O) groups is 1. The monoisotopic (exact) mass is 290 g/mol. The third-order valence-corrected chi connectivity index (χ3v) is 4.47. The van der Waals surface area contributed by atoms with Crippen LogP contribution in [-0.2, 0) is 4.79 Å². The number of aryl methyl sites for hydroxylation is 1. The molecule has 0 heterocycles. The Bertz CT molecular complexity index is 512. The van der Waals surface area contributed by atoms with Crippen molar-refractivity contribution in [3.8, 4) is 5.75 Å². The highest BCUT2D eigenvalue weighted by molar-refractivity contribution is 5.77. The molecule has 0 spiro atoms. The van der Waals surface area contributed by atoms with E-state index in [0.717, 1.165) is 24.2 Å². The van der Waals surface area contributed by atoms with E-state index in [0.29, 0.717) is 25.5 Å². The Labute approximate surface area is 127 Å². The van der Waals surface area contributed by atoms with Crippen molar-refractivity contribution in [2.45, 2.75) is 45.6 Å². The van der Waals surface area contributed by atoms with Crippen LogP contribution in [0.4, 0.5) is 0 Å². The molecular weight excluding hydrogens is 264 g/mol. The molecule has 2 rings (SSSR count). The number of hydrogen-bond acceptors (Lipinski definition) is 3. The van der Waals surface area contributed by atoms with Crippen LogP contribution in [-0.4, -0.2) is 24.6 Å². The van der Waals surface area contributed by atoms with Crippen LogP contribution in [0.15, 0.2) is 18.2 Å². The Hall–Kier alpha value is -1.55. The molecule has 1 aliphatic carbocycles. The van der Waals surface area contributed by atoms with Crippen molar-refractivity contribution < 1.29 is 9.53 Å². The summed E-state index contributed by atoms with van der Waals surface area (Å²) in [6, 6.07) is 5.96. The summed E-state index contributed by atoms with van der Waals surface area (Å²) in [7, 11) is 0. The van der Waals surface area contributed by atoms with Crippen molar-refractivity contribution >= 4 is 5.91 Å². The molecule has 4 heteroatoms. The molecule has 1 amide bonds. The fourth-order valence-corrected chi connectivity index (χ4v) is 2.56. The summed E-state index contributed by atoms with van der Waals surface area (Å²) in [5.74, 6) is 1.40. The van der Waals surface area contributed by atoms with Gasteiger partial charge in [0.25, 0.3) is 0 Å². The van der Waals surface area contributed by atoms with Gasteiger partial charge in [-0.1, -0.05) is 12.1 Å². The Morgan fingerprint density at radius 3 is 2.76 bits per heavy atom. The van der Waals surface area contributed by atoms with Gasteiger partial charge in [-0.15, -0.1) is 0 Å². The molecule has 0 aromatic heterocycles. The number of carbonyl (C=O) groups excluding carboxylic acids is 1. The molecule has 116 valence electrons. The average Bonchev–Trinajstić information content (AvgIpc) is 3.28. The van der Waals surface area contributed by atoms with Gasteiger partial charge in [0.1, 0.15) is 5.75 Å². The highest BCUT2D eigenvalue weighted by atomic mass is 16.5. The zero-order chi connectivity index (χ0) is 15.5. The van der Waals surface area contributed by atoms with Crippen LogP contribution in [0.2, 0.25) is 0 Å². The summed E-state index contributed by atoms with van der Waals surface area (Å²) >= 11 is 0. The summed E-state index contributed by atoms with van der Waals surface area (Å²) in [4.78, 5) is 12.0. The minimum atomic E-state index is -0.254. The SMILES string of the molecule is Cc1cccc(OCCC(=O)NC(C)(CN)C2CC2)c1C. The fraction of sp³-hybridized carbons (Fsp3) is 0.588. The molecule has 0 bridgehead atoms. The van der Waals surface area contributed by atoms with Crippen LogP contribution in [0, 0.1) is 19.8 Å². The number of rotatable bonds is 7. The summed E-state index contributed by atoms with van der Waals surface area (Å²) in [6.07, 6.45) is 2.68. The first-order valence-corrected chi connectivity index (χ1v) is 7.66. The third kappa shape index (κ3) is 3.97. The molecule has 1 unspecified atom stereocenters. The van der Waals surface area contributed by atoms with E-state index in [-0.39, 0.29) is 11.4 Å². The van der Waals surface area contributed by atoms with Crippen molar-refractivity contribution in [2.75, 3.05) is 13.2 Å². The molecule has 1 aliphatic rings. The molecule has 0 aliphatic heterocycles. The predicted octanol–water partition coefficient (Wildman–Crippen LogP) is 2.32. The minimum Gasteiger partial charge on any atom is -0.493 e. The second-order valence-electron chi connectivity index (χ2n) is 6.24. The molecule has 0 saturated heterocycles. The summed E-state index contributed by atoms with van der Waals surface area (Å²) in [6.45, 7) is 7.00. The molecule has 3 N–H and O–H groups in total. The molecule has 1 fully saturated rings. The first kappa shape index (κ1) is 15.8. The summed E-state index contributed by atoms with van der Waals surface area (Å²) in [5.41, 5.74) is 7.88. The molecular formula is C17H26N2O2. The van der Waals surface area contributed by atoms with Crippen molar-refractivity contribution in [1.82, 2.24) is 5.32 Å². The van der Waals surface area contributed by atoms with E-state index in [2.05, 4.69) is 18.3 Å². The fourth-order valence-electron chi connectivity index (χ4n) is 2.56. The molecule has 1 saturated carbocycles. The maximum atomic E-state index is 12.0. The quantitative estimate of drug-likeness (QED) is 0.810. The van der Waals surface area contributed by atoms with Gasteiger partial charge in [0.15, 0.2) is 0 Å². The first-order chi connectivity index (χ1) is 9.96. The maximum Gasteiger partial charge on any atom is 0.223 e. The van der Waals surface area contributed by atoms with Crippen molar-refractivity contribution in [1.29, 1.82) is 0 Å². The van der Waals surface area contributed by atoms with Gasteiger partial charge < -0.3 is 15.8 Å². The topological polar surface area (TPSA) is 64.3 Å². The highest BCUT2D eigenvalue weighted by Gasteiger charge is 2.41. The highest BCUT2D eigenvalue weighted by Crippen LogP contribution is 2.38. The smallest absolute Gasteiger partial charge is 0.223 e. The lowest BCUT2D eigenvalue weighted by Crippen LogP contribution is -2.53. The van der Waals surface area contributed by atoms with Crippen molar-refractivity contribution in [3.05, 3.63) is 29.3 Å². The standard InChI is InChI=1S/C17H26N2O2/c1-12-5-4-6-15(13(12)2)21-10-9-16(20)19-17(3,11-18)14-7-8-14/h4-6,14H,7-11,18H2,1-3H3,(H,19,20). The molecule has 4 nitrogen and oxygen atoms in total. The number of ether oxygens (including phenoxy) is 1. The van der Waals surface area contributed by atoms with Gasteiger partial charge in [0.2, 0.25) is 5.91 Å². The lowest BCUT2D eigenvalue weighted by atomic mass is 9.96. The van der Waals surface area contributed by atoms with E-state index in [1.54, 1.807) is 0 Å². The zero-order valence-electron chi connectivity index (χ0n) is 13.2. The Balaban J connectivity index is 1.80. The van der Waals surface area contributed by atoms with Crippen molar-refractivity contribution in [2.24, 2.45) is 11.7 Å². The van der Waals surface area contributed by atoms with Gasteiger partial charge in [-0.05, 0) is 56.7 Å². The molecule has 1 atom stereocenters.